The zero-order valence-corrected chi connectivity index (χ0v) is 17.2. The number of nitrogens with zero attached hydrogens (tertiary/aromatic N) is 2. The van der Waals surface area contributed by atoms with E-state index < -0.39 is 0 Å². The Morgan fingerprint density at radius 2 is 1.39 bits per heavy atom. The molecule has 0 amide bonds. The van der Waals surface area contributed by atoms with E-state index >= 15 is 0 Å². The maximum atomic E-state index is 5.79. The Morgan fingerprint density at radius 1 is 0.677 bits per heavy atom. The number of aromatic nitrogens is 2. The van der Waals surface area contributed by atoms with Gasteiger partial charge in [0, 0.05) is 35.7 Å². The molecule has 5 rings (SSSR count). The lowest BCUT2D eigenvalue weighted by Gasteiger charge is -2.14. The summed E-state index contributed by atoms with van der Waals surface area (Å²) >= 11 is 0. The smallest absolute Gasteiger partial charge is 0.0788 e. The van der Waals surface area contributed by atoms with E-state index in [4.69, 9.17) is 15.7 Å². The molecule has 3 aromatic carbocycles. The number of nitrogens with two attached hydrogens (primary N) is 1. The van der Waals surface area contributed by atoms with Gasteiger partial charge in [-0.2, -0.15) is 0 Å². The Balaban J connectivity index is 1.71. The summed E-state index contributed by atoms with van der Waals surface area (Å²) in [6.07, 6.45) is 2.63. The van der Waals surface area contributed by atoms with Crippen molar-refractivity contribution in [1.29, 1.82) is 0 Å². The van der Waals surface area contributed by atoms with E-state index in [0.29, 0.717) is 6.54 Å². The number of benzene rings is 3. The number of pyridine rings is 2. The molecule has 0 saturated carbocycles. The molecule has 2 aromatic heterocycles. The van der Waals surface area contributed by atoms with Crippen molar-refractivity contribution in [3.63, 3.8) is 0 Å². The third-order valence-electron chi connectivity index (χ3n) is 5.59. The van der Waals surface area contributed by atoms with Gasteiger partial charge in [-0.3, -0.25) is 4.98 Å². The first-order chi connectivity index (χ1) is 15.3. The number of hydrogen-bond acceptors (Lipinski definition) is 3. The lowest BCUT2D eigenvalue weighted by atomic mass is 9.96. The van der Waals surface area contributed by atoms with Gasteiger partial charge in [-0.05, 0) is 28.8 Å². The van der Waals surface area contributed by atoms with Crippen molar-refractivity contribution in [3.8, 4) is 22.4 Å². The van der Waals surface area contributed by atoms with Crippen LogP contribution in [-0.2, 0) is 13.0 Å². The highest BCUT2D eigenvalue weighted by atomic mass is 14.7. The first kappa shape index (κ1) is 19.2. The molecule has 0 spiro atoms. The molecule has 0 radical (unpaired) electrons. The molecule has 0 atom stereocenters. The Labute approximate surface area is 182 Å². The second-order valence-electron chi connectivity index (χ2n) is 7.64. The molecule has 3 nitrogen and oxygen atoms in total. The standard InChI is InChI=1S/C28H23N3/c29-19-21-11-13-23(14-12-21)28-24(22-9-5-2-6-10-22)18-25-26(31-28)15-16-30-27(25)17-20-7-3-1-4-8-20/h1-16,18H,17,19,29H2. The van der Waals surface area contributed by atoms with Gasteiger partial charge in [-0.1, -0.05) is 84.9 Å². The highest BCUT2D eigenvalue weighted by Gasteiger charge is 2.14. The summed E-state index contributed by atoms with van der Waals surface area (Å²) in [5.74, 6) is 0. The van der Waals surface area contributed by atoms with Crippen LogP contribution in [0.25, 0.3) is 33.3 Å². The summed E-state index contributed by atoms with van der Waals surface area (Å²) in [4.78, 5) is 9.82. The van der Waals surface area contributed by atoms with Crippen molar-refractivity contribution in [3.05, 3.63) is 120 Å². The SMILES string of the molecule is NCc1ccc(-c2nc3ccnc(Cc4ccccc4)c3cc2-c2ccccc2)cc1. The van der Waals surface area contributed by atoms with Crippen LogP contribution in [0.5, 0.6) is 0 Å². The molecule has 0 unspecified atom stereocenters. The van der Waals surface area contributed by atoms with Crippen LogP contribution < -0.4 is 5.73 Å². The zero-order valence-electron chi connectivity index (χ0n) is 17.2. The molecular formula is C28H23N3. The van der Waals surface area contributed by atoms with Crippen molar-refractivity contribution in [2.45, 2.75) is 13.0 Å². The molecule has 31 heavy (non-hydrogen) atoms. The van der Waals surface area contributed by atoms with Gasteiger partial charge in [0.15, 0.2) is 0 Å². The summed E-state index contributed by atoms with van der Waals surface area (Å²) in [5.41, 5.74) is 14.4. The lowest BCUT2D eigenvalue weighted by Crippen LogP contribution is -1.98. The lowest BCUT2D eigenvalue weighted by molar-refractivity contribution is 1.07. The van der Waals surface area contributed by atoms with E-state index in [2.05, 4.69) is 78.9 Å². The summed E-state index contributed by atoms with van der Waals surface area (Å²) in [7, 11) is 0. The maximum Gasteiger partial charge on any atom is 0.0788 e. The normalized spacial score (nSPS) is 11.0. The van der Waals surface area contributed by atoms with Crippen LogP contribution in [0.15, 0.2) is 103 Å². The maximum absolute atomic E-state index is 5.79. The highest BCUT2D eigenvalue weighted by molar-refractivity contribution is 5.92. The number of fused-ring (bicyclic) bond motifs is 1. The molecular weight excluding hydrogens is 378 g/mol. The quantitative estimate of drug-likeness (QED) is 0.392. The van der Waals surface area contributed by atoms with E-state index in [0.717, 1.165) is 51.0 Å². The Hall–Kier alpha value is -3.82. The van der Waals surface area contributed by atoms with Crippen molar-refractivity contribution >= 4 is 10.9 Å². The third kappa shape index (κ3) is 3.96. The predicted octanol–water partition coefficient (Wildman–Crippen LogP) is 6.01. The Bertz CT molecular complexity index is 1310. The zero-order chi connectivity index (χ0) is 21.0. The van der Waals surface area contributed by atoms with E-state index in [1.165, 1.54) is 5.56 Å². The monoisotopic (exact) mass is 401 g/mol. The molecule has 0 aliphatic carbocycles. The molecule has 0 aliphatic rings. The van der Waals surface area contributed by atoms with Crippen LogP contribution in [0.1, 0.15) is 16.8 Å². The molecule has 0 saturated heterocycles. The molecule has 0 aliphatic heterocycles. The highest BCUT2D eigenvalue weighted by Crippen LogP contribution is 2.34. The van der Waals surface area contributed by atoms with Gasteiger partial charge in [0.05, 0.1) is 16.9 Å². The van der Waals surface area contributed by atoms with Crippen LogP contribution in [0.2, 0.25) is 0 Å². The van der Waals surface area contributed by atoms with Crippen molar-refractivity contribution in [2.75, 3.05) is 0 Å². The summed E-state index contributed by atoms with van der Waals surface area (Å²) < 4.78 is 0. The van der Waals surface area contributed by atoms with Crippen LogP contribution in [0.3, 0.4) is 0 Å². The molecule has 2 heterocycles. The van der Waals surface area contributed by atoms with Gasteiger partial charge >= 0.3 is 0 Å². The average molecular weight is 402 g/mol. The fraction of sp³-hybridized carbons (Fsp3) is 0.0714. The van der Waals surface area contributed by atoms with Crippen molar-refractivity contribution in [1.82, 2.24) is 9.97 Å². The summed E-state index contributed by atoms with van der Waals surface area (Å²) in [6.45, 7) is 0.533. The van der Waals surface area contributed by atoms with Crippen molar-refractivity contribution < 1.29 is 0 Å². The number of hydrogen-bond donors (Lipinski definition) is 1. The van der Waals surface area contributed by atoms with E-state index in [-0.39, 0.29) is 0 Å². The van der Waals surface area contributed by atoms with Gasteiger partial charge in [-0.15, -0.1) is 0 Å². The molecule has 0 fully saturated rings. The first-order valence-corrected chi connectivity index (χ1v) is 10.5. The van der Waals surface area contributed by atoms with Crippen LogP contribution in [0, 0.1) is 0 Å². The Kier molecular flexibility index (Phi) is 5.26. The minimum atomic E-state index is 0.533. The van der Waals surface area contributed by atoms with Crippen LogP contribution in [0.4, 0.5) is 0 Å². The summed E-state index contributed by atoms with van der Waals surface area (Å²) in [6, 6.07) is 33.5. The number of rotatable bonds is 5. The fourth-order valence-corrected chi connectivity index (χ4v) is 3.94. The van der Waals surface area contributed by atoms with Gasteiger partial charge < -0.3 is 5.73 Å². The molecule has 2 N–H and O–H groups in total. The van der Waals surface area contributed by atoms with E-state index in [1.54, 1.807) is 0 Å². The minimum Gasteiger partial charge on any atom is -0.326 e. The third-order valence-corrected chi connectivity index (χ3v) is 5.59. The van der Waals surface area contributed by atoms with Gasteiger partial charge in [0.2, 0.25) is 0 Å². The van der Waals surface area contributed by atoms with Crippen molar-refractivity contribution in [2.24, 2.45) is 5.73 Å². The predicted molar refractivity (Wildman–Crippen MR) is 128 cm³/mol. The van der Waals surface area contributed by atoms with Gasteiger partial charge in [-0.25, -0.2) is 4.98 Å². The topological polar surface area (TPSA) is 51.8 Å². The Morgan fingerprint density at radius 3 is 2.10 bits per heavy atom. The molecule has 0 bridgehead atoms. The second-order valence-corrected chi connectivity index (χ2v) is 7.64. The first-order valence-electron chi connectivity index (χ1n) is 10.5. The average Bonchev–Trinajstić information content (AvgIpc) is 2.85. The fourth-order valence-electron chi connectivity index (χ4n) is 3.94. The minimum absolute atomic E-state index is 0.533. The molecule has 5 aromatic rings. The second kappa shape index (κ2) is 8.50. The van der Waals surface area contributed by atoms with E-state index in [9.17, 15) is 0 Å². The molecule has 150 valence electrons. The van der Waals surface area contributed by atoms with E-state index in [1.807, 2.05) is 24.4 Å². The van der Waals surface area contributed by atoms with Crippen LogP contribution >= 0.6 is 0 Å². The molecule has 3 heteroatoms. The van der Waals surface area contributed by atoms with Gasteiger partial charge in [0.25, 0.3) is 0 Å². The summed E-state index contributed by atoms with van der Waals surface area (Å²) in [5, 5.41) is 1.09. The van der Waals surface area contributed by atoms with Gasteiger partial charge in [0.1, 0.15) is 0 Å². The van der Waals surface area contributed by atoms with Crippen LogP contribution in [-0.4, -0.2) is 9.97 Å². The largest absolute Gasteiger partial charge is 0.326 e.